The summed E-state index contributed by atoms with van der Waals surface area (Å²) in [6, 6.07) is 7.13. The molecule has 0 spiro atoms. The molecule has 0 aliphatic carbocycles. The molecule has 0 atom stereocenters. The van der Waals surface area contributed by atoms with Gasteiger partial charge in [0.1, 0.15) is 17.4 Å². The second-order valence-electron chi connectivity index (χ2n) is 4.78. The van der Waals surface area contributed by atoms with Gasteiger partial charge in [0, 0.05) is 23.7 Å². The number of nitriles is 1. The summed E-state index contributed by atoms with van der Waals surface area (Å²) in [5.41, 5.74) is 2.52. The highest BCUT2D eigenvalue weighted by molar-refractivity contribution is 7.11. The van der Waals surface area contributed by atoms with Crippen molar-refractivity contribution >= 4 is 28.8 Å². The van der Waals surface area contributed by atoms with E-state index in [9.17, 15) is 4.79 Å². The highest BCUT2D eigenvalue weighted by Gasteiger charge is 2.16. The molecule has 0 N–H and O–H groups in total. The SMILES string of the molecule is COCC(=O)/C(=C/c1ccc(C#N)cc1OC)c1nc(C)cs1. The van der Waals surface area contributed by atoms with Crippen LogP contribution in [0.5, 0.6) is 5.75 Å². The fraction of sp³-hybridized carbons (Fsp3) is 0.235. The number of nitrogens with zero attached hydrogens (tertiary/aromatic N) is 2. The van der Waals surface area contributed by atoms with Gasteiger partial charge in [0.15, 0.2) is 5.78 Å². The summed E-state index contributed by atoms with van der Waals surface area (Å²) in [6.07, 6.45) is 1.72. The van der Waals surface area contributed by atoms with Crippen LogP contribution in [-0.2, 0) is 9.53 Å². The summed E-state index contributed by atoms with van der Waals surface area (Å²) in [4.78, 5) is 16.7. The molecule has 0 radical (unpaired) electrons. The number of benzene rings is 1. The molecule has 0 saturated carbocycles. The predicted octanol–water partition coefficient (Wildman–Crippen LogP) is 3.09. The van der Waals surface area contributed by atoms with Gasteiger partial charge in [-0.15, -0.1) is 11.3 Å². The number of hydrogen-bond acceptors (Lipinski definition) is 6. The number of rotatable bonds is 6. The largest absolute Gasteiger partial charge is 0.496 e. The second-order valence-corrected chi connectivity index (χ2v) is 5.63. The Morgan fingerprint density at radius 2 is 2.22 bits per heavy atom. The summed E-state index contributed by atoms with van der Waals surface area (Å²) in [5.74, 6) is 0.369. The molecule has 0 aliphatic heterocycles. The number of ether oxygens (including phenoxy) is 2. The fourth-order valence-corrected chi connectivity index (χ4v) is 2.83. The lowest BCUT2D eigenvalue weighted by Crippen LogP contribution is -2.09. The van der Waals surface area contributed by atoms with E-state index in [4.69, 9.17) is 14.7 Å². The Morgan fingerprint density at radius 3 is 2.78 bits per heavy atom. The molecule has 2 rings (SSSR count). The lowest BCUT2D eigenvalue weighted by Gasteiger charge is -2.08. The number of hydrogen-bond donors (Lipinski definition) is 0. The van der Waals surface area contributed by atoms with E-state index in [1.54, 1.807) is 24.3 Å². The molecule has 23 heavy (non-hydrogen) atoms. The molecule has 0 amide bonds. The number of aromatic nitrogens is 1. The number of aryl methyl sites for hydroxylation is 1. The van der Waals surface area contributed by atoms with Crippen LogP contribution in [0.4, 0.5) is 0 Å². The van der Waals surface area contributed by atoms with Gasteiger partial charge in [-0.05, 0) is 31.2 Å². The molecule has 118 valence electrons. The smallest absolute Gasteiger partial charge is 0.191 e. The van der Waals surface area contributed by atoms with Gasteiger partial charge < -0.3 is 9.47 Å². The summed E-state index contributed by atoms with van der Waals surface area (Å²) in [5, 5.41) is 11.5. The van der Waals surface area contributed by atoms with Crippen LogP contribution in [0.2, 0.25) is 0 Å². The van der Waals surface area contributed by atoms with Crippen LogP contribution in [0.15, 0.2) is 23.6 Å². The van der Waals surface area contributed by atoms with E-state index in [0.717, 1.165) is 5.69 Å². The number of carbonyl (C=O) groups is 1. The Morgan fingerprint density at radius 1 is 1.43 bits per heavy atom. The molecular formula is C17H16N2O3S. The summed E-state index contributed by atoms with van der Waals surface area (Å²) >= 11 is 1.40. The summed E-state index contributed by atoms with van der Waals surface area (Å²) < 4.78 is 10.3. The van der Waals surface area contributed by atoms with E-state index in [2.05, 4.69) is 11.1 Å². The number of Topliss-reactive ketones (excluding diaryl/α,β-unsaturated/α-hetero) is 1. The maximum absolute atomic E-state index is 12.4. The van der Waals surface area contributed by atoms with Crippen molar-refractivity contribution in [3.63, 3.8) is 0 Å². The number of methoxy groups -OCH3 is 2. The Kier molecular flexibility index (Phi) is 5.63. The third kappa shape index (κ3) is 4.03. The molecule has 1 heterocycles. The van der Waals surface area contributed by atoms with E-state index >= 15 is 0 Å². The first-order valence-electron chi connectivity index (χ1n) is 6.83. The van der Waals surface area contributed by atoms with Crippen LogP contribution in [0.25, 0.3) is 11.6 Å². The molecular weight excluding hydrogens is 312 g/mol. The molecule has 0 unspecified atom stereocenters. The molecule has 0 aliphatic rings. The topological polar surface area (TPSA) is 72.2 Å². The Bertz CT molecular complexity index is 787. The molecule has 6 heteroatoms. The zero-order valence-corrected chi connectivity index (χ0v) is 13.9. The second kappa shape index (κ2) is 7.68. The van der Waals surface area contributed by atoms with Crippen molar-refractivity contribution < 1.29 is 14.3 Å². The average Bonchev–Trinajstić information content (AvgIpc) is 2.98. The first-order valence-corrected chi connectivity index (χ1v) is 7.71. The monoisotopic (exact) mass is 328 g/mol. The van der Waals surface area contributed by atoms with Gasteiger partial charge in [-0.1, -0.05) is 0 Å². The van der Waals surface area contributed by atoms with E-state index in [-0.39, 0.29) is 12.4 Å². The quantitative estimate of drug-likeness (QED) is 0.762. The van der Waals surface area contributed by atoms with Crippen molar-refractivity contribution in [2.24, 2.45) is 0 Å². The van der Waals surface area contributed by atoms with Crippen molar-refractivity contribution in [3.05, 3.63) is 45.4 Å². The first-order chi connectivity index (χ1) is 11.1. The highest BCUT2D eigenvalue weighted by atomic mass is 32.1. The van der Waals surface area contributed by atoms with Crippen LogP contribution in [0.1, 0.15) is 21.8 Å². The van der Waals surface area contributed by atoms with Crippen molar-refractivity contribution in [2.45, 2.75) is 6.92 Å². The minimum Gasteiger partial charge on any atom is -0.496 e. The summed E-state index contributed by atoms with van der Waals surface area (Å²) in [7, 11) is 3.00. The molecule has 0 fully saturated rings. The first kappa shape index (κ1) is 16.9. The minimum atomic E-state index is -0.159. The van der Waals surface area contributed by atoms with Crippen LogP contribution in [0, 0.1) is 18.3 Å². The van der Waals surface area contributed by atoms with Crippen LogP contribution in [-0.4, -0.2) is 31.6 Å². The predicted molar refractivity (Wildman–Crippen MR) is 89.3 cm³/mol. The Balaban J connectivity index is 2.53. The lowest BCUT2D eigenvalue weighted by molar-refractivity contribution is -0.117. The average molecular weight is 328 g/mol. The number of carbonyl (C=O) groups excluding carboxylic acids is 1. The van der Waals surface area contributed by atoms with Crippen LogP contribution >= 0.6 is 11.3 Å². The normalized spacial score (nSPS) is 11.1. The molecule has 0 bridgehead atoms. The van der Waals surface area contributed by atoms with Crippen LogP contribution in [0.3, 0.4) is 0 Å². The zero-order valence-electron chi connectivity index (χ0n) is 13.1. The van der Waals surface area contributed by atoms with Gasteiger partial charge >= 0.3 is 0 Å². The highest BCUT2D eigenvalue weighted by Crippen LogP contribution is 2.28. The number of thiazole rings is 1. The molecule has 1 aromatic heterocycles. The van der Waals surface area contributed by atoms with Crippen molar-refractivity contribution in [2.75, 3.05) is 20.8 Å². The van der Waals surface area contributed by atoms with Crippen molar-refractivity contribution in [1.82, 2.24) is 4.98 Å². The minimum absolute atomic E-state index is 0.0247. The van der Waals surface area contributed by atoms with Gasteiger partial charge in [0.05, 0.1) is 24.3 Å². The Hall–Kier alpha value is -2.49. The third-order valence-corrected chi connectivity index (χ3v) is 4.08. The molecule has 0 saturated heterocycles. The molecule has 5 nitrogen and oxygen atoms in total. The zero-order chi connectivity index (χ0) is 16.8. The van der Waals surface area contributed by atoms with E-state index in [0.29, 0.717) is 27.5 Å². The van der Waals surface area contributed by atoms with Gasteiger partial charge in [-0.3, -0.25) is 4.79 Å². The van der Waals surface area contributed by atoms with Crippen LogP contribution < -0.4 is 4.74 Å². The van der Waals surface area contributed by atoms with E-state index < -0.39 is 0 Å². The summed E-state index contributed by atoms with van der Waals surface area (Å²) in [6.45, 7) is 1.85. The standard InChI is InChI=1S/C17H16N2O3S/c1-11-10-23-17(19-11)14(15(20)9-21-2)7-13-5-4-12(8-18)6-16(13)22-3/h4-7,10H,9H2,1-3H3/b14-7-. The van der Waals surface area contributed by atoms with Crippen molar-refractivity contribution in [3.8, 4) is 11.8 Å². The van der Waals surface area contributed by atoms with Gasteiger partial charge in [0.25, 0.3) is 0 Å². The number of ketones is 1. The lowest BCUT2D eigenvalue weighted by atomic mass is 10.1. The van der Waals surface area contributed by atoms with Crippen molar-refractivity contribution in [1.29, 1.82) is 5.26 Å². The fourth-order valence-electron chi connectivity index (χ4n) is 2.00. The van der Waals surface area contributed by atoms with E-state index in [1.807, 2.05) is 12.3 Å². The van der Waals surface area contributed by atoms with E-state index in [1.165, 1.54) is 25.6 Å². The maximum Gasteiger partial charge on any atom is 0.191 e. The van der Waals surface area contributed by atoms with Gasteiger partial charge in [-0.25, -0.2) is 4.98 Å². The van der Waals surface area contributed by atoms with Gasteiger partial charge in [0.2, 0.25) is 0 Å². The molecule has 2 aromatic rings. The maximum atomic E-state index is 12.4. The van der Waals surface area contributed by atoms with Gasteiger partial charge in [-0.2, -0.15) is 5.26 Å². The molecule has 1 aromatic carbocycles. The third-order valence-electron chi connectivity index (χ3n) is 3.09. The Labute approximate surface area is 138 Å².